The first kappa shape index (κ1) is 47.1. The summed E-state index contributed by atoms with van der Waals surface area (Å²) in [6.07, 6.45) is 5.76. The van der Waals surface area contributed by atoms with Gasteiger partial charge in [0.05, 0.1) is 16.8 Å². The quantitative estimate of drug-likeness (QED) is 0.154. The SMILES string of the molecule is C.C.C.C.CC(C)(C)CCCCOCOC(C)(C)C.CC(C)(C)OC[B]CCCOC(C)(C)C. The standard InChI is InChI=1S/C13H28O2.C12H26BO2.4CH4/c1-12(2,3)9-7-8-10-14-11-15-13(4,5)6;1-11(2,3)14-9-7-8-13-10-15-12(4,5)6;;;;/h7-11H2,1-6H3;7-10H2,1-6H3;4*1H4. The highest BCUT2D eigenvalue weighted by atomic mass is 16.7. The van der Waals surface area contributed by atoms with E-state index in [0.29, 0.717) is 12.2 Å². The van der Waals surface area contributed by atoms with Gasteiger partial charge in [-0.2, -0.15) is 0 Å². The van der Waals surface area contributed by atoms with E-state index in [1.54, 1.807) is 0 Å². The van der Waals surface area contributed by atoms with Crippen LogP contribution in [0.15, 0.2) is 0 Å². The average Bonchev–Trinajstić information content (AvgIpc) is 2.49. The molecule has 5 heteroatoms. The van der Waals surface area contributed by atoms with Crippen LogP contribution in [0.3, 0.4) is 0 Å². The smallest absolute Gasteiger partial charge is 0.147 e. The van der Waals surface area contributed by atoms with Crippen LogP contribution in [0.2, 0.25) is 6.32 Å². The van der Waals surface area contributed by atoms with E-state index in [1.165, 1.54) is 12.8 Å². The third-order valence-corrected chi connectivity index (χ3v) is 3.76. The third-order valence-electron chi connectivity index (χ3n) is 3.76. The summed E-state index contributed by atoms with van der Waals surface area (Å²) in [5.41, 5.74) is 0.313. The number of ether oxygens (including phenoxy) is 4. The second kappa shape index (κ2) is 23.3. The Hall–Kier alpha value is -0.0951. The predicted octanol–water partition coefficient (Wildman–Crippen LogP) is 9.62. The highest BCUT2D eigenvalue weighted by Crippen LogP contribution is 2.21. The summed E-state index contributed by atoms with van der Waals surface area (Å²) in [5, 5.41) is 0. The summed E-state index contributed by atoms with van der Waals surface area (Å²) in [6, 6.07) is 0. The van der Waals surface area contributed by atoms with Crippen molar-refractivity contribution in [2.24, 2.45) is 5.41 Å². The van der Waals surface area contributed by atoms with Crippen LogP contribution in [0.5, 0.6) is 0 Å². The van der Waals surface area contributed by atoms with Gasteiger partial charge in [-0.3, -0.25) is 0 Å². The first-order valence-corrected chi connectivity index (χ1v) is 11.7. The molecule has 0 heterocycles. The predicted molar refractivity (Wildman–Crippen MR) is 158 cm³/mol. The summed E-state index contributed by atoms with van der Waals surface area (Å²) in [4.78, 5) is 0. The maximum absolute atomic E-state index is 5.62. The minimum Gasteiger partial charge on any atom is -0.385 e. The maximum atomic E-state index is 5.62. The van der Waals surface area contributed by atoms with Gasteiger partial charge in [0.15, 0.2) is 0 Å². The van der Waals surface area contributed by atoms with Crippen molar-refractivity contribution < 1.29 is 18.9 Å². The first-order valence-electron chi connectivity index (χ1n) is 11.7. The van der Waals surface area contributed by atoms with Crippen molar-refractivity contribution in [2.45, 2.75) is 162 Å². The Morgan fingerprint density at radius 2 is 1.00 bits per heavy atom. The fraction of sp³-hybridized carbons (Fsp3) is 1.00. The molecule has 34 heavy (non-hydrogen) atoms. The molecule has 213 valence electrons. The Balaban J connectivity index is -0.000000103. The molecule has 0 bridgehead atoms. The molecule has 0 aliphatic heterocycles. The van der Waals surface area contributed by atoms with Crippen molar-refractivity contribution in [1.29, 1.82) is 0 Å². The normalized spacial score (nSPS) is 11.5. The second-order valence-corrected chi connectivity index (χ2v) is 12.1. The van der Waals surface area contributed by atoms with E-state index in [-0.39, 0.29) is 46.5 Å². The molecule has 0 rings (SSSR count). The molecule has 4 nitrogen and oxygen atoms in total. The van der Waals surface area contributed by atoms with Crippen LogP contribution in [0.1, 0.15) is 138 Å². The third kappa shape index (κ3) is 53.3. The van der Waals surface area contributed by atoms with Gasteiger partial charge in [0, 0.05) is 19.7 Å². The zero-order valence-electron chi connectivity index (χ0n) is 22.6. The van der Waals surface area contributed by atoms with E-state index in [2.05, 4.69) is 69.6 Å². The van der Waals surface area contributed by atoms with Crippen molar-refractivity contribution in [2.75, 3.05) is 26.5 Å². The minimum absolute atomic E-state index is 0. The van der Waals surface area contributed by atoms with Gasteiger partial charge in [-0.1, -0.05) is 63.2 Å². The first-order chi connectivity index (χ1) is 13.4. The highest BCUT2D eigenvalue weighted by Gasteiger charge is 2.11. The van der Waals surface area contributed by atoms with Crippen molar-refractivity contribution >= 4 is 7.28 Å². The summed E-state index contributed by atoms with van der Waals surface area (Å²) >= 11 is 0. The van der Waals surface area contributed by atoms with Gasteiger partial charge in [-0.15, -0.1) is 0 Å². The molecule has 0 amide bonds. The lowest BCUT2D eigenvalue weighted by molar-refractivity contribution is -0.120. The van der Waals surface area contributed by atoms with Gasteiger partial charge in [0.1, 0.15) is 14.1 Å². The van der Waals surface area contributed by atoms with Crippen LogP contribution in [-0.4, -0.2) is 50.6 Å². The Kier molecular flexibility index (Phi) is 32.3. The molecule has 0 saturated heterocycles. The molecule has 0 aromatic heterocycles. The molecule has 0 spiro atoms. The number of hydrogen-bond acceptors (Lipinski definition) is 4. The van der Waals surface area contributed by atoms with Gasteiger partial charge in [0.25, 0.3) is 0 Å². The Labute approximate surface area is 219 Å². The lowest BCUT2D eigenvalue weighted by Gasteiger charge is -2.20. The van der Waals surface area contributed by atoms with Crippen LogP contribution < -0.4 is 0 Å². The second-order valence-electron chi connectivity index (χ2n) is 12.1. The van der Waals surface area contributed by atoms with Gasteiger partial charge in [-0.25, -0.2) is 0 Å². The fourth-order valence-corrected chi connectivity index (χ4v) is 2.14. The Bertz CT molecular complexity index is 311. The van der Waals surface area contributed by atoms with Crippen LogP contribution in [-0.2, 0) is 18.9 Å². The largest absolute Gasteiger partial charge is 0.385 e. The molecular formula is C29H70BO4. The molecule has 0 atom stereocenters. The lowest BCUT2D eigenvalue weighted by Crippen LogP contribution is -2.22. The molecule has 0 fully saturated rings. The van der Waals surface area contributed by atoms with Crippen LogP contribution in [0.4, 0.5) is 0 Å². The zero-order chi connectivity index (χ0) is 23.9. The maximum Gasteiger partial charge on any atom is 0.147 e. The molecule has 1 radical (unpaired) electrons. The molecular weight excluding hydrogens is 423 g/mol. The molecule has 0 aromatic carbocycles. The molecule has 0 unspecified atom stereocenters. The minimum atomic E-state index is -0.0919. The summed E-state index contributed by atoms with van der Waals surface area (Å²) < 4.78 is 22.1. The van der Waals surface area contributed by atoms with Gasteiger partial charge < -0.3 is 18.9 Å². The number of hydrogen-bond donors (Lipinski definition) is 0. The summed E-state index contributed by atoms with van der Waals surface area (Å²) in [7, 11) is 2.18. The molecule has 0 aliphatic carbocycles. The van der Waals surface area contributed by atoms with Gasteiger partial charge >= 0.3 is 0 Å². The highest BCUT2D eigenvalue weighted by molar-refractivity contribution is 6.35. The molecule has 0 saturated carbocycles. The average molecular weight is 494 g/mol. The van der Waals surface area contributed by atoms with Crippen molar-refractivity contribution in [1.82, 2.24) is 0 Å². The van der Waals surface area contributed by atoms with E-state index in [9.17, 15) is 0 Å². The zero-order valence-corrected chi connectivity index (χ0v) is 22.6. The van der Waals surface area contributed by atoms with E-state index in [1.807, 2.05) is 20.8 Å². The van der Waals surface area contributed by atoms with Gasteiger partial charge in [0.2, 0.25) is 0 Å². The van der Waals surface area contributed by atoms with Crippen LogP contribution >= 0.6 is 0 Å². The Morgan fingerprint density at radius 3 is 1.41 bits per heavy atom. The van der Waals surface area contributed by atoms with E-state index in [0.717, 1.165) is 38.9 Å². The van der Waals surface area contributed by atoms with Gasteiger partial charge in [-0.05, 0) is 87.0 Å². The van der Waals surface area contributed by atoms with Crippen LogP contribution in [0, 0.1) is 5.41 Å². The lowest BCUT2D eigenvalue weighted by atomic mass is 9.74. The van der Waals surface area contributed by atoms with Crippen LogP contribution in [0.25, 0.3) is 0 Å². The summed E-state index contributed by atoms with van der Waals surface area (Å²) in [5.74, 6) is 0. The Morgan fingerprint density at radius 1 is 0.529 bits per heavy atom. The fourth-order valence-electron chi connectivity index (χ4n) is 2.14. The van der Waals surface area contributed by atoms with E-state index in [4.69, 9.17) is 18.9 Å². The molecule has 0 aliphatic rings. The van der Waals surface area contributed by atoms with Crippen molar-refractivity contribution in [3.63, 3.8) is 0 Å². The van der Waals surface area contributed by atoms with E-state index < -0.39 is 0 Å². The van der Waals surface area contributed by atoms with Crippen molar-refractivity contribution in [3.8, 4) is 0 Å². The monoisotopic (exact) mass is 494 g/mol. The molecule has 0 aromatic rings. The number of unbranched alkanes of at least 4 members (excludes halogenated alkanes) is 1. The topological polar surface area (TPSA) is 36.9 Å². The van der Waals surface area contributed by atoms with E-state index >= 15 is 0 Å². The van der Waals surface area contributed by atoms with Crippen molar-refractivity contribution in [3.05, 3.63) is 0 Å². The molecule has 0 N–H and O–H groups in total. The number of rotatable bonds is 12. The summed E-state index contributed by atoms with van der Waals surface area (Å²) in [6.45, 7) is 28.2.